The number of carbonyl (C=O) groups is 2. The predicted molar refractivity (Wildman–Crippen MR) is 82.4 cm³/mol. The highest BCUT2D eigenvalue weighted by Gasteiger charge is 2.20. The van der Waals surface area contributed by atoms with Gasteiger partial charge in [-0.05, 0) is 17.5 Å². The monoisotopic (exact) mass is 292 g/mol. The van der Waals surface area contributed by atoms with Gasteiger partial charge < -0.3 is 10.2 Å². The van der Waals surface area contributed by atoms with Crippen molar-refractivity contribution >= 4 is 22.5 Å². The first-order valence-corrected chi connectivity index (χ1v) is 6.67. The van der Waals surface area contributed by atoms with Crippen molar-refractivity contribution in [3.8, 4) is 5.75 Å². The van der Waals surface area contributed by atoms with Gasteiger partial charge >= 0.3 is 5.97 Å². The largest absolute Gasteiger partial charge is 0.507 e. The summed E-state index contributed by atoms with van der Waals surface area (Å²) in [4.78, 5) is 23.9. The minimum absolute atomic E-state index is 0.0561. The van der Waals surface area contributed by atoms with Gasteiger partial charge in [0.05, 0.1) is 11.1 Å². The summed E-state index contributed by atoms with van der Waals surface area (Å²) in [6.45, 7) is 0. The topological polar surface area (TPSA) is 74.6 Å². The van der Waals surface area contributed by atoms with Crippen LogP contribution in [0.3, 0.4) is 0 Å². The van der Waals surface area contributed by atoms with Gasteiger partial charge in [-0.3, -0.25) is 4.79 Å². The number of ketones is 1. The van der Waals surface area contributed by atoms with Crippen LogP contribution < -0.4 is 0 Å². The molecular formula is C18H12O4. The molecule has 0 unspecified atom stereocenters. The zero-order valence-electron chi connectivity index (χ0n) is 11.5. The number of phenolic OH excluding ortho intramolecular Hbond substituents is 1. The number of benzene rings is 3. The van der Waals surface area contributed by atoms with Crippen LogP contribution in [0.5, 0.6) is 5.75 Å². The van der Waals surface area contributed by atoms with Crippen LogP contribution in [0.25, 0.3) is 10.8 Å². The molecule has 0 aliphatic heterocycles. The van der Waals surface area contributed by atoms with E-state index in [-0.39, 0.29) is 22.4 Å². The van der Waals surface area contributed by atoms with Gasteiger partial charge in [0.1, 0.15) is 5.75 Å². The second kappa shape index (κ2) is 5.33. The summed E-state index contributed by atoms with van der Waals surface area (Å²) < 4.78 is 0. The van der Waals surface area contributed by atoms with Gasteiger partial charge in [-0.2, -0.15) is 0 Å². The van der Waals surface area contributed by atoms with E-state index in [1.54, 1.807) is 30.3 Å². The molecule has 0 heterocycles. The van der Waals surface area contributed by atoms with Crippen LogP contribution in [0, 0.1) is 0 Å². The van der Waals surface area contributed by atoms with E-state index < -0.39 is 11.8 Å². The number of carboxylic acids is 1. The molecule has 4 heteroatoms. The van der Waals surface area contributed by atoms with Crippen molar-refractivity contribution in [2.45, 2.75) is 0 Å². The Hall–Kier alpha value is -3.14. The van der Waals surface area contributed by atoms with Gasteiger partial charge in [-0.15, -0.1) is 0 Å². The Morgan fingerprint density at radius 2 is 1.36 bits per heavy atom. The van der Waals surface area contributed by atoms with Crippen molar-refractivity contribution in [1.29, 1.82) is 0 Å². The smallest absolute Gasteiger partial charge is 0.336 e. The third kappa shape index (κ3) is 2.20. The Labute approximate surface area is 126 Å². The fourth-order valence-electron chi connectivity index (χ4n) is 2.45. The maximum absolute atomic E-state index is 12.6. The lowest BCUT2D eigenvalue weighted by atomic mass is 9.95. The van der Waals surface area contributed by atoms with E-state index >= 15 is 0 Å². The highest BCUT2D eigenvalue weighted by atomic mass is 16.4. The number of fused-ring (bicyclic) bond motifs is 1. The summed E-state index contributed by atoms with van der Waals surface area (Å²) in [5, 5.41) is 20.9. The van der Waals surface area contributed by atoms with Crippen molar-refractivity contribution in [2.75, 3.05) is 0 Å². The number of hydrogen-bond acceptors (Lipinski definition) is 3. The molecule has 0 aliphatic rings. The Balaban J connectivity index is 2.18. The number of carbonyl (C=O) groups excluding carboxylic acids is 1. The molecular weight excluding hydrogens is 280 g/mol. The highest BCUT2D eigenvalue weighted by Crippen LogP contribution is 2.30. The second-order valence-corrected chi connectivity index (χ2v) is 4.86. The Bertz CT molecular complexity index is 896. The SMILES string of the molecule is O=C(O)c1ccccc1C(=O)c1ccc2ccccc2c1O. The molecule has 0 saturated carbocycles. The third-order valence-electron chi connectivity index (χ3n) is 3.55. The zero-order chi connectivity index (χ0) is 15.7. The molecule has 0 fully saturated rings. The van der Waals surface area contributed by atoms with E-state index in [0.29, 0.717) is 5.39 Å². The van der Waals surface area contributed by atoms with Crippen molar-refractivity contribution in [3.05, 3.63) is 77.4 Å². The maximum atomic E-state index is 12.6. The summed E-state index contributed by atoms with van der Waals surface area (Å²) in [6, 6.07) is 16.3. The van der Waals surface area contributed by atoms with Crippen LogP contribution in [0.4, 0.5) is 0 Å². The Morgan fingerprint density at radius 3 is 2.09 bits per heavy atom. The van der Waals surface area contributed by atoms with Gasteiger partial charge in [0, 0.05) is 10.9 Å². The van der Waals surface area contributed by atoms with Crippen LogP contribution in [0.1, 0.15) is 26.3 Å². The highest BCUT2D eigenvalue weighted by molar-refractivity contribution is 6.17. The summed E-state index contributed by atoms with van der Waals surface area (Å²) in [5.74, 6) is -1.83. The van der Waals surface area contributed by atoms with Crippen LogP contribution in [0.2, 0.25) is 0 Å². The van der Waals surface area contributed by atoms with Gasteiger partial charge in [0.15, 0.2) is 5.78 Å². The fraction of sp³-hybridized carbons (Fsp3) is 0. The normalized spacial score (nSPS) is 10.5. The molecule has 3 aromatic carbocycles. The van der Waals surface area contributed by atoms with Gasteiger partial charge in [-0.1, -0.05) is 48.5 Å². The number of aromatic hydroxyl groups is 1. The number of carboxylic acid groups (broad SMARTS) is 1. The number of rotatable bonds is 3. The predicted octanol–water partition coefficient (Wildman–Crippen LogP) is 3.47. The van der Waals surface area contributed by atoms with Crippen LogP contribution in [-0.2, 0) is 0 Å². The molecule has 3 aromatic rings. The molecule has 22 heavy (non-hydrogen) atoms. The third-order valence-corrected chi connectivity index (χ3v) is 3.55. The minimum atomic E-state index is -1.18. The van der Waals surface area contributed by atoms with E-state index in [0.717, 1.165) is 5.39 Å². The molecule has 0 bridgehead atoms. The minimum Gasteiger partial charge on any atom is -0.507 e. The van der Waals surface area contributed by atoms with E-state index in [1.165, 1.54) is 18.2 Å². The second-order valence-electron chi connectivity index (χ2n) is 4.86. The molecule has 0 aromatic heterocycles. The number of aromatic carboxylic acids is 1. The van der Waals surface area contributed by atoms with Crippen LogP contribution >= 0.6 is 0 Å². The first-order chi connectivity index (χ1) is 10.6. The molecule has 0 spiro atoms. The maximum Gasteiger partial charge on any atom is 0.336 e. The lowest BCUT2D eigenvalue weighted by Crippen LogP contribution is -2.09. The van der Waals surface area contributed by atoms with Crippen molar-refractivity contribution < 1.29 is 19.8 Å². The molecule has 4 nitrogen and oxygen atoms in total. The summed E-state index contributed by atoms with van der Waals surface area (Å²) in [5.41, 5.74) is 0.0630. The van der Waals surface area contributed by atoms with E-state index in [9.17, 15) is 19.8 Å². The molecule has 2 N–H and O–H groups in total. The lowest BCUT2D eigenvalue weighted by Gasteiger charge is -2.09. The molecule has 0 saturated heterocycles. The van der Waals surface area contributed by atoms with Crippen molar-refractivity contribution in [2.24, 2.45) is 0 Å². The summed E-state index contributed by atoms with van der Waals surface area (Å²) in [7, 11) is 0. The summed E-state index contributed by atoms with van der Waals surface area (Å²) >= 11 is 0. The molecule has 0 aliphatic carbocycles. The number of phenols is 1. The zero-order valence-corrected chi connectivity index (χ0v) is 11.5. The first-order valence-electron chi connectivity index (χ1n) is 6.67. The van der Waals surface area contributed by atoms with E-state index in [2.05, 4.69) is 0 Å². The van der Waals surface area contributed by atoms with Gasteiger partial charge in [-0.25, -0.2) is 4.79 Å². The average Bonchev–Trinajstić information content (AvgIpc) is 2.55. The van der Waals surface area contributed by atoms with Crippen LogP contribution in [0.15, 0.2) is 60.7 Å². The van der Waals surface area contributed by atoms with Crippen LogP contribution in [-0.4, -0.2) is 22.0 Å². The van der Waals surface area contributed by atoms with E-state index in [4.69, 9.17) is 0 Å². The van der Waals surface area contributed by atoms with Gasteiger partial charge in [0.25, 0.3) is 0 Å². The Kier molecular flexibility index (Phi) is 3.35. The molecule has 3 rings (SSSR count). The number of hydrogen-bond donors (Lipinski definition) is 2. The molecule has 0 radical (unpaired) electrons. The summed E-state index contributed by atoms with van der Waals surface area (Å²) in [6.07, 6.45) is 0. The fourth-order valence-corrected chi connectivity index (χ4v) is 2.45. The molecule has 108 valence electrons. The van der Waals surface area contributed by atoms with Gasteiger partial charge in [0.2, 0.25) is 0 Å². The first kappa shape index (κ1) is 13.8. The van der Waals surface area contributed by atoms with Crippen molar-refractivity contribution in [3.63, 3.8) is 0 Å². The average molecular weight is 292 g/mol. The molecule has 0 amide bonds. The lowest BCUT2D eigenvalue weighted by molar-refractivity contribution is 0.0692. The molecule has 0 atom stereocenters. The Morgan fingerprint density at radius 1 is 0.727 bits per heavy atom. The van der Waals surface area contributed by atoms with Crippen molar-refractivity contribution in [1.82, 2.24) is 0 Å². The quantitative estimate of drug-likeness (QED) is 0.725. The van der Waals surface area contributed by atoms with E-state index in [1.807, 2.05) is 12.1 Å². The standard InChI is InChI=1S/C18H12O4/c19-16-12-6-2-1-5-11(12)9-10-15(16)17(20)13-7-3-4-8-14(13)18(21)22/h1-10,19H,(H,21,22).